The fourth-order valence-electron chi connectivity index (χ4n) is 3.33. The van der Waals surface area contributed by atoms with E-state index in [0.717, 1.165) is 5.56 Å². The van der Waals surface area contributed by atoms with Gasteiger partial charge >= 0.3 is 148 Å². The molecule has 5 rings (SSSR count). The molecule has 0 atom stereocenters. The number of hydrogen-bond acceptors (Lipinski definition) is 4. The molecule has 1 aromatic carbocycles. The van der Waals surface area contributed by atoms with Gasteiger partial charge in [0.2, 0.25) is 0 Å². The molecule has 2 aliphatic heterocycles. The molecule has 0 radical (unpaired) electrons. The maximum atomic E-state index is 7.21. The van der Waals surface area contributed by atoms with E-state index in [1.165, 1.54) is 9.46 Å². The summed E-state index contributed by atoms with van der Waals surface area (Å²) in [7, 11) is 0. The van der Waals surface area contributed by atoms with E-state index in [1.54, 1.807) is 24.5 Å². The van der Waals surface area contributed by atoms with Crippen LogP contribution in [-0.4, -0.2) is 6.91 Å². The SMILES string of the molecule is Cl[Si-2]12(Cc3ccccc3)(Oc3cccc[n+]3O1)Oc1cccc[n+]1O2. The van der Waals surface area contributed by atoms with Crippen LogP contribution < -0.4 is 27.4 Å². The molecule has 128 valence electrons. The number of rotatable bonds is 2. The molecule has 0 amide bonds. The van der Waals surface area contributed by atoms with Gasteiger partial charge in [-0.15, -0.1) is 0 Å². The van der Waals surface area contributed by atoms with Crippen molar-refractivity contribution in [3.63, 3.8) is 0 Å². The molecule has 2 aromatic heterocycles. The van der Waals surface area contributed by atoms with E-state index in [0.29, 0.717) is 11.8 Å². The molecule has 2 aliphatic rings. The average molecular weight is 375 g/mol. The Morgan fingerprint density at radius 2 is 1.24 bits per heavy atom. The van der Waals surface area contributed by atoms with E-state index in [4.69, 9.17) is 29.0 Å². The molecule has 0 saturated carbocycles. The van der Waals surface area contributed by atoms with Crippen LogP contribution in [0.25, 0.3) is 0 Å². The molecule has 3 aromatic rings. The second-order valence-electron chi connectivity index (χ2n) is 6.30. The molecule has 0 unspecified atom stereocenters. The first-order chi connectivity index (χ1) is 12.0. The Balaban J connectivity index is 1.71. The van der Waals surface area contributed by atoms with Crippen LogP contribution in [0.15, 0.2) is 79.1 Å². The Labute approximate surface area is 148 Å². The first-order valence-electron chi connectivity index (χ1n) is 7.94. The van der Waals surface area contributed by atoms with E-state index in [9.17, 15) is 0 Å². The van der Waals surface area contributed by atoms with Crippen molar-refractivity contribution in [2.24, 2.45) is 0 Å². The van der Waals surface area contributed by atoms with Gasteiger partial charge in [0.15, 0.2) is 0 Å². The van der Waals surface area contributed by atoms with Crippen LogP contribution in [0, 0.1) is 0 Å². The molecule has 0 saturated heterocycles. The number of pyridine rings is 2. The molecular weight excluding hydrogens is 360 g/mol. The number of fused-ring (bicyclic) bond motifs is 2. The number of halogens is 1. The van der Waals surface area contributed by atoms with Crippen LogP contribution in [0.4, 0.5) is 0 Å². The zero-order valence-electron chi connectivity index (χ0n) is 13.1. The van der Waals surface area contributed by atoms with Crippen LogP contribution in [0.5, 0.6) is 11.8 Å². The van der Waals surface area contributed by atoms with Crippen molar-refractivity contribution in [1.82, 2.24) is 0 Å². The van der Waals surface area contributed by atoms with Crippen molar-refractivity contribution in [2.75, 3.05) is 0 Å². The standard InChI is InChI=1S/C17H15ClN2O4Si/c18-25(14-15-8-2-1-3-9-15,21-16-10-4-6-12-19(16)23-25)22-17-11-5-7-13-20(17)24-25/h1-13H,14H2. The van der Waals surface area contributed by atoms with Crippen LogP contribution in [0.3, 0.4) is 0 Å². The second-order valence-corrected chi connectivity index (χ2v) is 13.1. The van der Waals surface area contributed by atoms with Crippen molar-refractivity contribution in [1.29, 1.82) is 0 Å². The molecule has 0 N–H and O–H groups in total. The van der Waals surface area contributed by atoms with E-state index in [-0.39, 0.29) is 6.04 Å². The maximum absolute atomic E-state index is 7.21. The van der Waals surface area contributed by atoms with Gasteiger partial charge < -0.3 is 0 Å². The second kappa shape index (κ2) is 4.25. The molecule has 4 heterocycles. The summed E-state index contributed by atoms with van der Waals surface area (Å²) in [6, 6.07) is 20.5. The Bertz CT molecular complexity index is 897. The van der Waals surface area contributed by atoms with Crippen molar-refractivity contribution in [2.45, 2.75) is 6.04 Å². The van der Waals surface area contributed by atoms with Gasteiger partial charge in [0.05, 0.1) is 0 Å². The molecule has 0 fully saturated rings. The molecule has 6 nitrogen and oxygen atoms in total. The van der Waals surface area contributed by atoms with Crippen molar-refractivity contribution < 1.29 is 27.4 Å². The molecule has 0 aliphatic carbocycles. The number of hydrogen-bond donors (Lipinski definition) is 0. The molecule has 25 heavy (non-hydrogen) atoms. The van der Waals surface area contributed by atoms with Crippen LogP contribution in [0.1, 0.15) is 5.56 Å². The van der Waals surface area contributed by atoms with Gasteiger partial charge in [0.25, 0.3) is 0 Å². The Morgan fingerprint density at radius 1 is 0.720 bits per heavy atom. The summed E-state index contributed by atoms with van der Waals surface area (Å²) in [5.41, 5.74) is 0.878. The van der Waals surface area contributed by atoms with E-state index >= 15 is 0 Å². The zero-order chi connectivity index (χ0) is 17.0. The van der Waals surface area contributed by atoms with Gasteiger partial charge in [-0.2, -0.15) is 0 Å². The first kappa shape index (κ1) is 14.6. The predicted octanol–water partition coefficient (Wildman–Crippen LogP) is 1.46. The fourth-order valence-corrected chi connectivity index (χ4v) is 8.76. The normalized spacial score (nSPS) is 22.4. The summed E-state index contributed by atoms with van der Waals surface area (Å²) in [5.74, 6) is 0.845. The molecular formula is C17H15ClN2O4Si. The molecule has 0 bridgehead atoms. The van der Waals surface area contributed by atoms with E-state index in [1.807, 2.05) is 54.6 Å². The summed E-state index contributed by atoms with van der Waals surface area (Å²) in [4.78, 5) is 0. The predicted molar refractivity (Wildman–Crippen MR) is 89.4 cm³/mol. The Kier molecular flexibility index (Phi) is 2.47. The van der Waals surface area contributed by atoms with Crippen LogP contribution in [-0.2, 0) is 6.04 Å². The van der Waals surface area contributed by atoms with Crippen molar-refractivity contribution in [3.05, 3.63) is 84.7 Å². The van der Waals surface area contributed by atoms with Gasteiger partial charge in [0.1, 0.15) is 0 Å². The van der Waals surface area contributed by atoms with E-state index < -0.39 is 6.91 Å². The fraction of sp³-hybridized carbons (Fsp3) is 0.0588. The van der Waals surface area contributed by atoms with Gasteiger partial charge in [0, 0.05) is 0 Å². The summed E-state index contributed by atoms with van der Waals surface area (Å²) in [6.07, 6.45) is 3.41. The monoisotopic (exact) mass is 374 g/mol. The summed E-state index contributed by atoms with van der Waals surface area (Å²) >= 11 is 7.21. The van der Waals surface area contributed by atoms with Gasteiger partial charge in [-0.05, 0) is 0 Å². The Hall–Kier alpha value is -2.77. The number of nitrogens with zero attached hydrogens (tertiary/aromatic N) is 2. The minimum atomic E-state index is -5.48. The number of benzene rings is 1. The van der Waals surface area contributed by atoms with Crippen LogP contribution >= 0.6 is 11.1 Å². The third kappa shape index (κ3) is 2.03. The summed E-state index contributed by atoms with van der Waals surface area (Å²) in [6.45, 7) is -5.48. The minimum absolute atomic E-state index is 0.126. The average Bonchev–Trinajstić information content (AvgIpc) is 3.03. The summed E-state index contributed by atoms with van der Waals surface area (Å²) in [5, 5.41) is 0. The summed E-state index contributed by atoms with van der Waals surface area (Å²) < 4.78 is 27.7. The van der Waals surface area contributed by atoms with Crippen molar-refractivity contribution in [3.8, 4) is 11.8 Å². The van der Waals surface area contributed by atoms with Gasteiger partial charge in [-0.1, -0.05) is 0 Å². The third-order valence-electron chi connectivity index (χ3n) is 4.28. The topological polar surface area (TPSA) is 44.7 Å². The van der Waals surface area contributed by atoms with Crippen LogP contribution in [0.2, 0.25) is 0 Å². The quantitative estimate of drug-likeness (QED) is 0.387. The molecule has 8 heteroatoms. The van der Waals surface area contributed by atoms with Gasteiger partial charge in [-0.3, -0.25) is 0 Å². The third-order valence-corrected chi connectivity index (χ3v) is 9.27. The van der Waals surface area contributed by atoms with E-state index in [2.05, 4.69) is 0 Å². The van der Waals surface area contributed by atoms with Gasteiger partial charge in [-0.25, -0.2) is 0 Å². The van der Waals surface area contributed by atoms with Crippen molar-refractivity contribution >= 4 is 18.0 Å². The number of aromatic nitrogens is 2. The molecule has 1 spiro atoms. The first-order valence-corrected chi connectivity index (χ1v) is 11.8. The Morgan fingerprint density at radius 3 is 1.76 bits per heavy atom. The zero-order valence-corrected chi connectivity index (χ0v) is 14.9.